The van der Waals surface area contributed by atoms with Crippen molar-refractivity contribution in [3.63, 3.8) is 0 Å². The van der Waals surface area contributed by atoms with E-state index in [9.17, 15) is 9.59 Å². The van der Waals surface area contributed by atoms with Crippen LogP contribution in [0.15, 0.2) is 45.8 Å². The van der Waals surface area contributed by atoms with Gasteiger partial charge < -0.3 is 15.2 Å². The molecule has 150 valence electrons. The van der Waals surface area contributed by atoms with Gasteiger partial charge in [-0.05, 0) is 50.2 Å². The van der Waals surface area contributed by atoms with E-state index < -0.39 is 0 Å². The van der Waals surface area contributed by atoms with Crippen molar-refractivity contribution < 1.29 is 14.1 Å². The SMILES string of the molecule is Cc1ccc(-c2cc(C(=O)Nc3ccc4c(c3)NC(=O)CS4)c3c(C)noc3n2)s1. The zero-order valence-electron chi connectivity index (χ0n) is 16.1. The maximum Gasteiger partial charge on any atom is 0.259 e. The molecular weight excluding hydrogens is 420 g/mol. The lowest BCUT2D eigenvalue weighted by Crippen LogP contribution is -2.19. The van der Waals surface area contributed by atoms with Crippen LogP contribution in [-0.4, -0.2) is 27.7 Å². The Morgan fingerprint density at radius 3 is 2.87 bits per heavy atom. The van der Waals surface area contributed by atoms with E-state index in [-0.39, 0.29) is 11.8 Å². The van der Waals surface area contributed by atoms with E-state index in [1.54, 1.807) is 30.4 Å². The first-order valence-corrected chi connectivity index (χ1v) is 11.0. The Kier molecular flexibility index (Phi) is 4.56. The molecule has 0 unspecified atom stereocenters. The molecule has 0 saturated heterocycles. The number of carbonyl (C=O) groups is 2. The molecule has 4 aromatic rings. The number of hydrogen-bond donors (Lipinski definition) is 2. The molecular formula is C21H16N4O3S2. The molecule has 0 saturated carbocycles. The number of amides is 2. The second kappa shape index (κ2) is 7.26. The van der Waals surface area contributed by atoms with Crippen LogP contribution < -0.4 is 10.6 Å². The summed E-state index contributed by atoms with van der Waals surface area (Å²) in [6.07, 6.45) is 0. The van der Waals surface area contributed by atoms with Crippen molar-refractivity contribution in [2.24, 2.45) is 0 Å². The number of hydrogen-bond acceptors (Lipinski definition) is 7. The van der Waals surface area contributed by atoms with Crippen LogP contribution in [0.25, 0.3) is 21.7 Å². The highest BCUT2D eigenvalue weighted by atomic mass is 32.2. The van der Waals surface area contributed by atoms with Gasteiger partial charge in [0, 0.05) is 15.5 Å². The number of nitrogens with zero attached hydrogens (tertiary/aromatic N) is 2. The Labute approximate surface area is 179 Å². The average Bonchev–Trinajstić information content (AvgIpc) is 3.33. The van der Waals surface area contributed by atoms with Gasteiger partial charge >= 0.3 is 0 Å². The highest BCUT2D eigenvalue weighted by Crippen LogP contribution is 2.34. The van der Waals surface area contributed by atoms with Crippen LogP contribution in [0.4, 0.5) is 11.4 Å². The van der Waals surface area contributed by atoms with E-state index in [1.807, 2.05) is 31.2 Å². The van der Waals surface area contributed by atoms with Crippen LogP contribution in [0.3, 0.4) is 0 Å². The fourth-order valence-corrected chi connectivity index (χ4v) is 4.95. The number of rotatable bonds is 3. The molecule has 4 heterocycles. The molecule has 3 aromatic heterocycles. The topological polar surface area (TPSA) is 97.1 Å². The summed E-state index contributed by atoms with van der Waals surface area (Å²) in [7, 11) is 0. The molecule has 7 nitrogen and oxygen atoms in total. The Hall–Kier alpha value is -3.17. The fraction of sp³-hybridized carbons (Fsp3) is 0.143. The van der Waals surface area contributed by atoms with Gasteiger partial charge in [0.2, 0.25) is 5.91 Å². The molecule has 2 amide bonds. The second-order valence-corrected chi connectivity index (χ2v) is 9.22. The van der Waals surface area contributed by atoms with Crippen molar-refractivity contribution in [2.75, 3.05) is 16.4 Å². The van der Waals surface area contributed by atoms with E-state index in [2.05, 4.69) is 20.8 Å². The minimum atomic E-state index is -0.294. The molecule has 0 atom stereocenters. The first kappa shape index (κ1) is 18.8. The molecule has 1 aliphatic rings. The fourth-order valence-electron chi connectivity index (χ4n) is 3.33. The molecule has 0 radical (unpaired) electrons. The molecule has 2 N–H and O–H groups in total. The summed E-state index contributed by atoms with van der Waals surface area (Å²) in [5.74, 6) is 0.0478. The molecule has 5 rings (SSSR count). The Morgan fingerprint density at radius 1 is 1.20 bits per heavy atom. The Morgan fingerprint density at radius 2 is 2.07 bits per heavy atom. The van der Waals surface area contributed by atoms with Gasteiger partial charge in [0.25, 0.3) is 11.6 Å². The highest BCUT2D eigenvalue weighted by Gasteiger charge is 2.21. The third kappa shape index (κ3) is 3.35. The van der Waals surface area contributed by atoms with E-state index in [0.29, 0.717) is 45.2 Å². The zero-order chi connectivity index (χ0) is 20.8. The van der Waals surface area contributed by atoms with Gasteiger partial charge in [0.1, 0.15) is 0 Å². The molecule has 0 spiro atoms. The third-order valence-electron chi connectivity index (χ3n) is 4.72. The van der Waals surface area contributed by atoms with E-state index in [0.717, 1.165) is 14.6 Å². The summed E-state index contributed by atoms with van der Waals surface area (Å²) >= 11 is 3.07. The standard InChI is InChI=1S/C21H16N4O3S2/c1-10-3-5-17(30-10)15-8-13(19-11(2)25-28-21(19)24-15)20(27)22-12-4-6-16-14(7-12)23-18(26)9-29-16/h3-8H,9H2,1-2H3,(H,22,27)(H,23,26). The van der Waals surface area contributed by atoms with Gasteiger partial charge in [-0.3, -0.25) is 9.59 Å². The number of benzene rings is 1. The summed E-state index contributed by atoms with van der Waals surface area (Å²) in [6, 6.07) is 11.2. The normalized spacial score (nSPS) is 13.2. The van der Waals surface area contributed by atoms with E-state index in [1.165, 1.54) is 11.8 Å². The van der Waals surface area contributed by atoms with Crippen LogP contribution in [0.5, 0.6) is 0 Å². The van der Waals surface area contributed by atoms with Crippen molar-refractivity contribution in [1.82, 2.24) is 10.1 Å². The minimum absolute atomic E-state index is 0.0530. The number of carbonyl (C=O) groups excluding carboxylic acids is 2. The van der Waals surface area contributed by atoms with Gasteiger partial charge in [-0.2, -0.15) is 0 Å². The van der Waals surface area contributed by atoms with Crippen LogP contribution in [-0.2, 0) is 4.79 Å². The quantitative estimate of drug-likeness (QED) is 0.476. The predicted molar refractivity (Wildman–Crippen MR) is 118 cm³/mol. The number of thioether (sulfide) groups is 1. The van der Waals surface area contributed by atoms with Gasteiger partial charge in [-0.25, -0.2) is 4.98 Å². The summed E-state index contributed by atoms with van der Waals surface area (Å²) in [5.41, 5.74) is 3.33. The number of pyridine rings is 1. The van der Waals surface area contributed by atoms with Crippen molar-refractivity contribution in [1.29, 1.82) is 0 Å². The first-order valence-electron chi connectivity index (χ1n) is 9.20. The first-order chi connectivity index (χ1) is 14.5. The maximum atomic E-state index is 13.2. The second-order valence-electron chi connectivity index (χ2n) is 6.92. The van der Waals surface area contributed by atoms with Crippen LogP contribution in [0.2, 0.25) is 0 Å². The molecule has 0 fully saturated rings. The monoisotopic (exact) mass is 436 g/mol. The number of aryl methyl sites for hydroxylation is 2. The molecule has 0 bridgehead atoms. The smallest absolute Gasteiger partial charge is 0.259 e. The summed E-state index contributed by atoms with van der Waals surface area (Å²) in [6.45, 7) is 3.80. The number of anilines is 2. The van der Waals surface area contributed by atoms with Crippen molar-refractivity contribution in [3.05, 3.63) is 52.5 Å². The summed E-state index contributed by atoms with van der Waals surface area (Å²) in [4.78, 5) is 32.5. The minimum Gasteiger partial charge on any atom is -0.335 e. The van der Waals surface area contributed by atoms with Crippen LogP contribution >= 0.6 is 23.1 Å². The van der Waals surface area contributed by atoms with Crippen molar-refractivity contribution in [2.45, 2.75) is 18.7 Å². The molecule has 0 aliphatic carbocycles. The predicted octanol–water partition coefficient (Wildman–Crippen LogP) is 4.86. The Bertz CT molecular complexity index is 1330. The summed E-state index contributed by atoms with van der Waals surface area (Å²) in [5, 5.41) is 10.3. The lowest BCUT2D eigenvalue weighted by atomic mass is 10.1. The van der Waals surface area contributed by atoms with E-state index >= 15 is 0 Å². The molecule has 1 aromatic carbocycles. The van der Waals surface area contributed by atoms with E-state index in [4.69, 9.17) is 4.52 Å². The summed E-state index contributed by atoms with van der Waals surface area (Å²) < 4.78 is 5.36. The number of thiophene rings is 1. The average molecular weight is 437 g/mol. The lowest BCUT2D eigenvalue weighted by molar-refractivity contribution is -0.113. The number of fused-ring (bicyclic) bond motifs is 2. The number of nitrogens with one attached hydrogen (secondary N) is 2. The number of aromatic nitrogens is 2. The van der Waals surface area contributed by atoms with Gasteiger partial charge in [0.15, 0.2) is 0 Å². The molecule has 9 heteroatoms. The third-order valence-corrected chi connectivity index (χ3v) is 6.82. The zero-order valence-corrected chi connectivity index (χ0v) is 17.7. The highest BCUT2D eigenvalue weighted by molar-refractivity contribution is 8.00. The molecule has 30 heavy (non-hydrogen) atoms. The molecule has 1 aliphatic heterocycles. The van der Waals surface area contributed by atoms with Crippen molar-refractivity contribution >= 4 is 57.4 Å². The largest absolute Gasteiger partial charge is 0.335 e. The maximum absolute atomic E-state index is 13.2. The van der Waals surface area contributed by atoms with Gasteiger partial charge in [-0.1, -0.05) is 5.16 Å². The van der Waals surface area contributed by atoms with Gasteiger partial charge in [0.05, 0.1) is 38.7 Å². The Balaban J connectivity index is 1.53. The van der Waals surface area contributed by atoms with Crippen LogP contribution in [0.1, 0.15) is 20.9 Å². The van der Waals surface area contributed by atoms with Crippen LogP contribution in [0, 0.1) is 13.8 Å². The van der Waals surface area contributed by atoms with Gasteiger partial charge in [-0.15, -0.1) is 23.1 Å². The lowest BCUT2D eigenvalue weighted by Gasteiger charge is -2.17. The van der Waals surface area contributed by atoms with Crippen molar-refractivity contribution in [3.8, 4) is 10.6 Å².